The predicted molar refractivity (Wildman–Crippen MR) is 146 cm³/mol. The van der Waals surface area contributed by atoms with Gasteiger partial charge in [0.25, 0.3) is 0 Å². The van der Waals surface area contributed by atoms with E-state index in [4.69, 9.17) is 9.15 Å². The lowest BCUT2D eigenvalue weighted by Gasteiger charge is -2.42. The zero-order valence-corrected chi connectivity index (χ0v) is 21.3. The second kappa shape index (κ2) is 9.36. The number of nitrogens with one attached hydrogen (secondary N) is 1. The minimum atomic E-state index is -0.658. The number of hydrogen-bond acceptors (Lipinski definition) is 5. The van der Waals surface area contributed by atoms with E-state index in [2.05, 4.69) is 16.9 Å². The molecule has 0 atom stereocenters. The molecule has 0 spiro atoms. The summed E-state index contributed by atoms with van der Waals surface area (Å²) in [4.78, 5) is 30.7. The Hall–Kier alpha value is -4.19. The summed E-state index contributed by atoms with van der Waals surface area (Å²) in [5.41, 5.74) is 2.65. The first-order valence-electron chi connectivity index (χ1n) is 12.5. The highest BCUT2D eigenvalue weighted by Crippen LogP contribution is 2.45. The Balaban J connectivity index is 1.60. The molecule has 37 heavy (non-hydrogen) atoms. The molecule has 4 aromatic rings. The van der Waals surface area contributed by atoms with Crippen molar-refractivity contribution in [2.24, 2.45) is 0 Å². The quantitative estimate of drug-likeness (QED) is 0.321. The van der Waals surface area contributed by atoms with Crippen LogP contribution in [0.15, 0.2) is 82.7 Å². The molecule has 0 bridgehead atoms. The molecule has 2 heterocycles. The van der Waals surface area contributed by atoms with E-state index in [1.807, 2.05) is 75.4 Å². The number of amides is 1. The molecule has 5 rings (SSSR count). The number of pyridine rings is 1. The number of aromatic nitrogens is 1. The van der Waals surface area contributed by atoms with E-state index >= 15 is 0 Å². The number of benzene rings is 2. The minimum Gasteiger partial charge on any atom is -0.453 e. The highest BCUT2D eigenvalue weighted by atomic mass is 16.6. The number of carbonyl (C=O) groups excluding carboxylic acids is 1. The molecule has 2 aromatic heterocycles. The molecule has 0 saturated heterocycles. The van der Waals surface area contributed by atoms with E-state index in [1.54, 1.807) is 18.3 Å². The highest BCUT2D eigenvalue weighted by Gasteiger charge is 2.43. The van der Waals surface area contributed by atoms with E-state index in [0.717, 1.165) is 36.0 Å². The summed E-state index contributed by atoms with van der Waals surface area (Å²) in [5, 5.41) is 3.33. The number of rotatable bonds is 5. The molecule has 0 aliphatic heterocycles. The molecule has 6 heteroatoms. The van der Waals surface area contributed by atoms with Crippen molar-refractivity contribution in [1.29, 1.82) is 0 Å². The van der Waals surface area contributed by atoms with Crippen molar-refractivity contribution in [2.45, 2.75) is 51.2 Å². The van der Waals surface area contributed by atoms with Crippen molar-refractivity contribution in [3.05, 3.63) is 94.9 Å². The van der Waals surface area contributed by atoms with Crippen molar-refractivity contribution in [2.75, 3.05) is 0 Å². The molecular formula is C31H30N2O4. The lowest BCUT2D eigenvalue weighted by molar-refractivity contribution is -0.0549. The van der Waals surface area contributed by atoms with Gasteiger partial charge in [-0.1, -0.05) is 61.2 Å². The van der Waals surface area contributed by atoms with Crippen LogP contribution in [-0.2, 0) is 10.3 Å². The number of alkyl carbamates (subject to hydrolysis) is 1. The van der Waals surface area contributed by atoms with Crippen LogP contribution in [0.3, 0.4) is 0 Å². The van der Waals surface area contributed by atoms with E-state index in [9.17, 15) is 9.59 Å². The van der Waals surface area contributed by atoms with Crippen molar-refractivity contribution in [1.82, 2.24) is 10.3 Å². The molecular weight excluding hydrogens is 464 g/mol. The van der Waals surface area contributed by atoms with Gasteiger partial charge in [0.2, 0.25) is 5.43 Å². The minimum absolute atomic E-state index is 0.141. The van der Waals surface area contributed by atoms with Crippen LogP contribution in [0.5, 0.6) is 0 Å². The fourth-order valence-corrected chi connectivity index (χ4v) is 4.74. The molecule has 1 N–H and O–H groups in total. The van der Waals surface area contributed by atoms with E-state index in [1.165, 1.54) is 0 Å². The Morgan fingerprint density at radius 2 is 1.76 bits per heavy atom. The zero-order chi connectivity index (χ0) is 26.2. The number of ether oxygens (including phenoxy) is 1. The second-order valence-electron chi connectivity index (χ2n) is 10.5. The van der Waals surface area contributed by atoms with Gasteiger partial charge in [-0.3, -0.25) is 9.78 Å². The van der Waals surface area contributed by atoms with Crippen LogP contribution in [-0.4, -0.2) is 16.6 Å². The lowest BCUT2D eigenvalue weighted by Crippen LogP contribution is -2.47. The van der Waals surface area contributed by atoms with Crippen LogP contribution in [0.1, 0.15) is 51.3 Å². The number of nitrogens with zero attached hydrogens (tertiary/aromatic N) is 1. The van der Waals surface area contributed by atoms with Gasteiger partial charge in [-0.15, -0.1) is 0 Å². The van der Waals surface area contributed by atoms with Crippen LogP contribution in [0, 0.1) is 0 Å². The summed E-state index contributed by atoms with van der Waals surface area (Å²) >= 11 is 0. The molecule has 1 amide bonds. The van der Waals surface area contributed by atoms with E-state index < -0.39 is 11.7 Å². The third kappa shape index (κ3) is 4.67. The standard InChI is InChI=1S/C31H30N2O4/c1-5-24-28-23(16-19-32-24)26(34)25(27(36-28)21-10-7-6-8-11-21)20-12-14-22(15-13-20)31(17-9-18-31)37-29(35)33-30(2,3)4/h5-8,10-16,19H,1,9,17-18H2,2-4H3,(H,33,35). The predicted octanol–water partition coefficient (Wildman–Crippen LogP) is 7.07. The molecule has 1 saturated carbocycles. The first kappa shape index (κ1) is 24.5. The highest BCUT2D eigenvalue weighted by molar-refractivity contribution is 5.91. The number of hydrogen-bond donors (Lipinski definition) is 1. The third-order valence-electron chi connectivity index (χ3n) is 6.69. The van der Waals surface area contributed by atoms with Gasteiger partial charge in [-0.2, -0.15) is 0 Å². The Morgan fingerprint density at radius 1 is 1.05 bits per heavy atom. The monoisotopic (exact) mass is 494 g/mol. The molecule has 2 aromatic carbocycles. The summed E-state index contributed by atoms with van der Waals surface area (Å²) in [6.07, 6.45) is 5.25. The molecule has 6 nitrogen and oxygen atoms in total. The molecule has 0 unspecified atom stereocenters. The van der Waals surface area contributed by atoms with Gasteiger partial charge in [0, 0.05) is 17.3 Å². The Labute approximate surface area is 216 Å². The largest absolute Gasteiger partial charge is 0.453 e. The van der Waals surface area contributed by atoms with Gasteiger partial charge in [-0.25, -0.2) is 4.79 Å². The molecule has 1 aliphatic carbocycles. The maximum absolute atomic E-state index is 13.8. The molecule has 0 radical (unpaired) electrons. The van der Waals surface area contributed by atoms with Crippen LogP contribution >= 0.6 is 0 Å². The first-order valence-corrected chi connectivity index (χ1v) is 12.5. The normalized spacial score (nSPS) is 14.6. The van der Waals surface area contributed by atoms with Crippen LogP contribution in [0.4, 0.5) is 4.79 Å². The molecule has 188 valence electrons. The summed E-state index contributed by atoms with van der Waals surface area (Å²) in [6.45, 7) is 9.58. The summed E-state index contributed by atoms with van der Waals surface area (Å²) in [6, 6.07) is 18.9. The average molecular weight is 495 g/mol. The summed E-state index contributed by atoms with van der Waals surface area (Å²) in [7, 11) is 0. The van der Waals surface area contributed by atoms with Crippen LogP contribution in [0.2, 0.25) is 0 Å². The second-order valence-corrected chi connectivity index (χ2v) is 10.5. The van der Waals surface area contributed by atoms with Gasteiger partial charge >= 0.3 is 6.09 Å². The topological polar surface area (TPSA) is 81.4 Å². The maximum Gasteiger partial charge on any atom is 0.408 e. The van der Waals surface area contributed by atoms with Crippen molar-refractivity contribution < 1.29 is 13.9 Å². The number of carbonyl (C=O) groups is 1. The summed E-state index contributed by atoms with van der Waals surface area (Å²) in [5.74, 6) is 0.473. The Bertz CT molecular complexity index is 1530. The van der Waals surface area contributed by atoms with Crippen LogP contribution in [0.25, 0.3) is 39.5 Å². The van der Waals surface area contributed by atoms with Gasteiger partial charge < -0.3 is 14.5 Å². The Kier molecular flexibility index (Phi) is 6.20. The van der Waals surface area contributed by atoms with Gasteiger partial charge in [0.15, 0.2) is 5.58 Å². The maximum atomic E-state index is 13.8. The Morgan fingerprint density at radius 3 is 2.35 bits per heavy atom. The van der Waals surface area contributed by atoms with Crippen molar-refractivity contribution in [3.63, 3.8) is 0 Å². The average Bonchev–Trinajstić information content (AvgIpc) is 2.85. The smallest absolute Gasteiger partial charge is 0.408 e. The van der Waals surface area contributed by atoms with Gasteiger partial charge in [-0.05, 0) is 63.3 Å². The van der Waals surface area contributed by atoms with Gasteiger partial charge in [0.1, 0.15) is 17.1 Å². The fourth-order valence-electron chi connectivity index (χ4n) is 4.74. The van der Waals surface area contributed by atoms with E-state index in [-0.39, 0.29) is 11.0 Å². The van der Waals surface area contributed by atoms with Crippen molar-refractivity contribution >= 4 is 23.1 Å². The molecule has 1 aliphatic rings. The molecule has 1 fully saturated rings. The van der Waals surface area contributed by atoms with E-state index in [0.29, 0.717) is 28.0 Å². The lowest BCUT2D eigenvalue weighted by atomic mass is 9.74. The van der Waals surface area contributed by atoms with Crippen LogP contribution < -0.4 is 10.7 Å². The zero-order valence-electron chi connectivity index (χ0n) is 21.3. The summed E-state index contributed by atoms with van der Waals surface area (Å²) < 4.78 is 12.3. The third-order valence-corrected chi connectivity index (χ3v) is 6.69. The first-order chi connectivity index (χ1) is 17.7. The SMILES string of the molecule is C=Cc1nccc2c(=O)c(-c3ccc(C4(OC(=O)NC(C)(C)C)CCC4)cc3)c(-c3ccccc3)oc12. The number of fused-ring (bicyclic) bond motifs is 1. The van der Waals surface area contributed by atoms with Gasteiger partial charge in [0.05, 0.1) is 10.9 Å². The van der Waals surface area contributed by atoms with Crippen molar-refractivity contribution in [3.8, 4) is 22.5 Å². The fraction of sp³-hybridized carbons (Fsp3) is 0.258.